The third kappa shape index (κ3) is 1.91. The summed E-state index contributed by atoms with van der Waals surface area (Å²) in [7, 11) is 0. The summed E-state index contributed by atoms with van der Waals surface area (Å²) in [6, 6.07) is 6.29. The Morgan fingerprint density at radius 3 is 3.00 bits per heavy atom. The third-order valence-corrected chi connectivity index (χ3v) is 4.20. The number of H-pyrrole nitrogens is 1. The minimum Gasteiger partial charge on any atom is -0.481 e. The molecule has 0 saturated heterocycles. The Labute approximate surface area is 117 Å². The maximum absolute atomic E-state index is 11.1. The van der Waals surface area contributed by atoms with E-state index < -0.39 is 11.6 Å². The number of aliphatic carboxylic acids is 1. The summed E-state index contributed by atoms with van der Waals surface area (Å²) in [5.74, 6) is -0.838. The highest BCUT2D eigenvalue weighted by Crippen LogP contribution is 2.39. The van der Waals surface area contributed by atoms with Gasteiger partial charge in [-0.3, -0.25) is 4.79 Å². The first-order valence-corrected chi connectivity index (χ1v) is 7.04. The van der Waals surface area contributed by atoms with Gasteiger partial charge in [0.05, 0.1) is 18.7 Å². The van der Waals surface area contributed by atoms with Crippen molar-refractivity contribution in [3.8, 4) is 0 Å². The van der Waals surface area contributed by atoms with Crippen molar-refractivity contribution in [2.24, 2.45) is 0 Å². The standard InChI is InChI=1S/C16H19NO3/c1-3-10-5-4-6-11-12-7-8-20-16(2,9-13(18)19)15(12)17-14(10)11/h4-6,17H,3,7-9H2,1-2H3,(H,18,19)/t16-/m1/s1. The van der Waals surface area contributed by atoms with E-state index in [0.29, 0.717) is 6.61 Å². The normalized spacial score (nSPS) is 21.9. The van der Waals surface area contributed by atoms with Crippen LogP contribution in [0.25, 0.3) is 10.9 Å². The first-order chi connectivity index (χ1) is 9.55. The predicted octanol–water partition coefficient (Wildman–Crippen LogP) is 2.99. The van der Waals surface area contributed by atoms with Crippen LogP contribution in [0.1, 0.15) is 37.1 Å². The van der Waals surface area contributed by atoms with Gasteiger partial charge in [-0.15, -0.1) is 0 Å². The van der Waals surface area contributed by atoms with E-state index in [1.54, 1.807) is 0 Å². The van der Waals surface area contributed by atoms with Crippen molar-refractivity contribution < 1.29 is 14.6 Å². The van der Waals surface area contributed by atoms with Crippen molar-refractivity contribution in [3.05, 3.63) is 35.0 Å². The van der Waals surface area contributed by atoms with Crippen molar-refractivity contribution in [1.29, 1.82) is 0 Å². The Balaban J connectivity index is 2.22. The molecule has 0 bridgehead atoms. The van der Waals surface area contributed by atoms with Gasteiger partial charge in [0.1, 0.15) is 5.60 Å². The van der Waals surface area contributed by atoms with Crippen LogP contribution in [0.15, 0.2) is 18.2 Å². The first-order valence-electron chi connectivity index (χ1n) is 7.04. The molecule has 20 heavy (non-hydrogen) atoms. The van der Waals surface area contributed by atoms with E-state index in [1.165, 1.54) is 16.5 Å². The molecule has 4 heteroatoms. The molecule has 0 amide bonds. The van der Waals surface area contributed by atoms with Gasteiger partial charge < -0.3 is 14.8 Å². The molecular formula is C16H19NO3. The van der Waals surface area contributed by atoms with Gasteiger partial charge >= 0.3 is 5.97 Å². The molecule has 2 N–H and O–H groups in total. The molecule has 0 saturated carbocycles. The predicted molar refractivity (Wildman–Crippen MR) is 76.9 cm³/mol. The number of fused-ring (bicyclic) bond motifs is 3. The molecule has 1 aromatic heterocycles. The van der Waals surface area contributed by atoms with Gasteiger partial charge in [0.15, 0.2) is 0 Å². The fraction of sp³-hybridized carbons (Fsp3) is 0.438. The van der Waals surface area contributed by atoms with Crippen LogP contribution in [0.5, 0.6) is 0 Å². The molecular weight excluding hydrogens is 254 g/mol. The van der Waals surface area contributed by atoms with Crippen LogP contribution >= 0.6 is 0 Å². The van der Waals surface area contributed by atoms with Gasteiger partial charge in [0.25, 0.3) is 0 Å². The zero-order chi connectivity index (χ0) is 14.3. The lowest BCUT2D eigenvalue weighted by molar-refractivity contribution is -0.146. The number of carbonyl (C=O) groups is 1. The van der Waals surface area contributed by atoms with Crippen LogP contribution in [0, 0.1) is 0 Å². The summed E-state index contributed by atoms with van der Waals surface area (Å²) in [6.45, 7) is 4.56. The maximum atomic E-state index is 11.1. The number of aryl methyl sites for hydroxylation is 1. The van der Waals surface area contributed by atoms with Crippen molar-refractivity contribution in [2.75, 3.05) is 6.61 Å². The van der Waals surface area contributed by atoms with Crippen LogP contribution in [-0.2, 0) is 28.0 Å². The number of aromatic amines is 1. The van der Waals surface area contributed by atoms with Gasteiger partial charge in [-0.1, -0.05) is 25.1 Å². The van der Waals surface area contributed by atoms with E-state index in [0.717, 1.165) is 24.1 Å². The molecule has 1 aliphatic rings. The van der Waals surface area contributed by atoms with Crippen molar-refractivity contribution in [3.63, 3.8) is 0 Å². The zero-order valence-corrected chi connectivity index (χ0v) is 11.8. The molecule has 0 fully saturated rings. The Morgan fingerprint density at radius 1 is 1.50 bits per heavy atom. The highest BCUT2D eigenvalue weighted by atomic mass is 16.5. The first kappa shape index (κ1) is 13.2. The highest BCUT2D eigenvalue weighted by Gasteiger charge is 2.38. The van der Waals surface area contributed by atoms with E-state index in [1.807, 2.05) is 6.92 Å². The molecule has 2 heterocycles. The number of ether oxygens (including phenoxy) is 1. The van der Waals surface area contributed by atoms with Crippen molar-refractivity contribution in [1.82, 2.24) is 4.98 Å². The lowest BCUT2D eigenvalue weighted by Gasteiger charge is -2.32. The Morgan fingerprint density at radius 2 is 2.30 bits per heavy atom. The highest BCUT2D eigenvalue weighted by molar-refractivity contribution is 5.88. The van der Waals surface area contributed by atoms with Crippen LogP contribution in [-0.4, -0.2) is 22.7 Å². The van der Waals surface area contributed by atoms with E-state index in [4.69, 9.17) is 9.84 Å². The van der Waals surface area contributed by atoms with Crippen LogP contribution in [0.3, 0.4) is 0 Å². The molecule has 0 radical (unpaired) electrons. The average Bonchev–Trinajstić information content (AvgIpc) is 2.78. The number of benzene rings is 1. The van der Waals surface area contributed by atoms with Gasteiger partial charge in [-0.25, -0.2) is 0 Å². The van der Waals surface area contributed by atoms with Crippen molar-refractivity contribution >= 4 is 16.9 Å². The number of aromatic nitrogens is 1. The van der Waals surface area contributed by atoms with Crippen LogP contribution in [0.2, 0.25) is 0 Å². The summed E-state index contributed by atoms with van der Waals surface area (Å²) in [5, 5.41) is 10.3. The quantitative estimate of drug-likeness (QED) is 0.903. The zero-order valence-electron chi connectivity index (χ0n) is 11.8. The second-order valence-electron chi connectivity index (χ2n) is 5.57. The molecule has 1 aliphatic heterocycles. The number of hydrogen-bond donors (Lipinski definition) is 2. The maximum Gasteiger partial charge on any atom is 0.306 e. The molecule has 0 unspecified atom stereocenters. The smallest absolute Gasteiger partial charge is 0.306 e. The van der Waals surface area contributed by atoms with Crippen LogP contribution in [0.4, 0.5) is 0 Å². The molecule has 4 nitrogen and oxygen atoms in total. The molecule has 1 atom stereocenters. The SMILES string of the molecule is CCc1cccc2c3c([nH]c12)[C@@](C)(CC(=O)O)OCC3. The lowest BCUT2D eigenvalue weighted by atomic mass is 9.90. The Bertz CT molecular complexity index is 674. The number of rotatable bonds is 3. The van der Waals surface area contributed by atoms with E-state index in [9.17, 15) is 4.79 Å². The molecule has 0 spiro atoms. The minimum atomic E-state index is -0.838. The minimum absolute atomic E-state index is 0.0196. The third-order valence-electron chi connectivity index (χ3n) is 4.20. The van der Waals surface area contributed by atoms with Gasteiger partial charge in [-0.2, -0.15) is 0 Å². The summed E-state index contributed by atoms with van der Waals surface area (Å²) >= 11 is 0. The largest absolute Gasteiger partial charge is 0.481 e. The van der Waals surface area contributed by atoms with E-state index in [-0.39, 0.29) is 6.42 Å². The van der Waals surface area contributed by atoms with Crippen LogP contribution < -0.4 is 0 Å². The van der Waals surface area contributed by atoms with Gasteiger partial charge in [0, 0.05) is 10.9 Å². The van der Waals surface area contributed by atoms with E-state index >= 15 is 0 Å². The summed E-state index contributed by atoms with van der Waals surface area (Å²) < 4.78 is 5.79. The van der Waals surface area contributed by atoms with Gasteiger partial charge in [0.2, 0.25) is 0 Å². The second-order valence-corrected chi connectivity index (χ2v) is 5.57. The topological polar surface area (TPSA) is 62.3 Å². The monoisotopic (exact) mass is 273 g/mol. The Kier molecular flexibility index (Phi) is 3.05. The number of hydrogen-bond acceptors (Lipinski definition) is 2. The molecule has 0 aliphatic carbocycles. The lowest BCUT2D eigenvalue weighted by Crippen LogP contribution is -2.34. The average molecular weight is 273 g/mol. The fourth-order valence-corrected chi connectivity index (χ4v) is 3.22. The number of nitrogens with one attached hydrogen (secondary N) is 1. The molecule has 106 valence electrons. The van der Waals surface area contributed by atoms with E-state index in [2.05, 4.69) is 30.1 Å². The Hall–Kier alpha value is -1.81. The summed E-state index contributed by atoms with van der Waals surface area (Å²) in [4.78, 5) is 14.6. The fourth-order valence-electron chi connectivity index (χ4n) is 3.22. The molecule has 1 aromatic carbocycles. The summed E-state index contributed by atoms with van der Waals surface area (Å²) in [6.07, 6.45) is 1.76. The second kappa shape index (κ2) is 4.63. The summed E-state index contributed by atoms with van der Waals surface area (Å²) in [5.41, 5.74) is 3.77. The van der Waals surface area contributed by atoms with Crippen molar-refractivity contribution in [2.45, 2.75) is 38.7 Å². The number of carboxylic acid groups (broad SMARTS) is 1. The molecule has 2 aromatic rings. The number of carboxylic acids is 1. The number of para-hydroxylation sites is 1. The van der Waals surface area contributed by atoms with Gasteiger partial charge in [-0.05, 0) is 30.9 Å². The molecule has 3 rings (SSSR count).